The Morgan fingerprint density at radius 2 is 1.30 bits per heavy atom. The van der Waals surface area contributed by atoms with E-state index in [-0.39, 0.29) is 11.5 Å². The van der Waals surface area contributed by atoms with E-state index in [4.69, 9.17) is 0 Å². The maximum atomic E-state index is 13.3. The largest absolute Gasteiger partial charge is 0.369 e. The van der Waals surface area contributed by atoms with E-state index in [0.717, 1.165) is 68.0 Å². The van der Waals surface area contributed by atoms with Gasteiger partial charge in [0, 0.05) is 38.4 Å². The van der Waals surface area contributed by atoms with Gasteiger partial charge in [-0.2, -0.15) is 0 Å². The van der Waals surface area contributed by atoms with Crippen LogP contribution in [0.25, 0.3) is 16.7 Å². The molecule has 0 amide bonds. The molecule has 1 aromatic heterocycles. The lowest BCUT2D eigenvalue weighted by atomic mass is 10.2. The van der Waals surface area contributed by atoms with Crippen LogP contribution in [0.4, 0.5) is 10.1 Å². The number of hydrogen-bond acceptors (Lipinski definition) is 3. The number of halogens is 1. The molecule has 0 atom stereocenters. The van der Waals surface area contributed by atoms with Gasteiger partial charge >= 0.3 is 5.69 Å². The summed E-state index contributed by atoms with van der Waals surface area (Å²) in [4.78, 5) is 18.1. The molecule has 4 aromatic rings. The molecule has 0 radical (unpaired) electrons. The van der Waals surface area contributed by atoms with Crippen molar-refractivity contribution in [3.63, 3.8) is 0 Å². The summed E-state index contributed by atoms with van der Waals surface area (Å²) < 4.78 is 16.9. The Morgan fingerprint density at radius 1 is 0.667 bits per heavy atom. The van der Waals surface area contributed by atoms with E-state index in [9.17, 15) is 9.18 Å². The highest BCUT2D eigenvalue weighted by atomic mass is 19.1. The molecule has 0 spiro atoms. The molecule has 1 fully saturated rings. The predicted molar refractivity (Wildman–Crippen MR) is 132 cm³/mol. The van der Waals surface area contributed by atoms with Crippen LogP contribution in [-0.2, 0) is 6.54 Å². The highest BCUT2D eigenvalue weighted by Crippen LogP contribution is 2.19. The fourth-order valence-corrected chi connectivity index (χ4v) is 4.74. The van der Waals surface area contributed by atoms with Crippen LogP contribution in [0, 0.1) is 5.82 Å². The fourth-order valence-electron chi connectivity index (χ4n) is 4.74. The minimum atomic E-state index is -0.191. The number of unbranched alkanes of at least 4 members (excludes halogenated alkanes) is 1. The molecule has 5 nitrogen and oxygen atoms in total. The fraction of sp³-hybridized carbons (Fsp3) is 0.296. The number of fused-ring (bicyclic) bond motifs is 1. The van der Waals surface area contributed by atoms with E-state index in [1.807, 2.05) is 75.9 Å². The molecule has 3 aromatic carbocycles. The van der Waals surface area contributed by atoms with Gasteiger partial charge in [0.05, 0.1) is 16.7 Å². The van der Waals surface area contributed by atoms with Crippen molar-refractivity contribution >= 4 is 16.7 Å². The van der Waals surface area contributed by atoms with Crippen molar-refractivity contribution in [3.8, 4) is 5.69 Å². The van der Waals surface area contributed by atoms with Crippen molar-refractivity contribution < 1.29 is 4.39 Å². The van der Waals surface area contributed by atoms with Gasteiger partial charge in [0.2, 0.25) is 0 Å². The number of anilines is 1. The monoisotopic (exact) mass is 444 g/mol. The van der Waals surface area contributed by atoms with Gasteiger partial charge in [0.15, 0.2) is 0 Å². The summed E-state index contributed by atoms with van der Waals surface area (Å²) >= 11 is 0. The molecule has 170 valence electrons. The molecular weight excluding hydrogens is 415 g/mol. The highest BCUT2D eigenvalue weighted by molar-refractivity contribution is 5.78. The van der Waals surface area contributed by atoms with Gasteiger partial charge in [-0.25, -0.2) is 9.18 Å². The molecule has 0 unspecified atom stereocenters. The number of nitrogens with zero attached hydrogens (tertiary/aromatic N) is 4. The third-order valence-electron chi connectivity index (χ3n) is 6.52. The quantitative estimate of drug-likeness (QED) is 0.393. The zero-order chi connectivity index (χ0) is 22.6. The second-order valence-electron chi connectivity index (χ2n) is 8.61. The zero-order valence-electron chi connectivity index (χ0n) is 18.7. The summed E-state index contributed by atoms with van der Waals surface area (Å²) in [5, 5.41) is 0. The molecule has 0 N–H and O–H groups in total. The average molecular weight is 445 g/mol. The third-order valence-corrected chi connectivity index (χ3v) is 6.52. The average Bonchev–Trinajstić information content (AvgIpc) is 3.14. The van der Waals surface area contributed by atoms with Crippen molar-refractivity contribution in [1.29, 1.82) is 0 Å². The Labute approximate surface area is 193 Å². The van der Waals surface area contributed by atoms with Gasteiger partial charge < -0.3 is 4.90 Å². The molecule has 1 saturated heterocycles. The first-order chi connectivity index (χ1) is 16.2. The second-order valence-corrected chi connectivity index (χ2v) is 8.61. The van der Waals surface area contributed by atoms with Crippen molar-refractivity contribution in [1.82, 2.24) is 14.0 Å². The SMILES string of the molecule is O=c1n(CCCCN2CCN(c3ccc(F)cc3)CC2)c2ccccc2n1-c1ccccc1. The van der Waals surface area contributed by atoms with E-state index >= 15 is 0 Å². The number of imidazole rings is 1. The van der Waals surface area contributed by atoms with Crippen LogP contribution >= 0.6 is 0 Å². The maximum absolute atomic E-state index is 13.3. The Morgan fingerprint density at radius 3 is 2.03 bits per heavy atom. The van der Waals surface area contributed by atoms with Crippen LogP contribution in [-0.4, -0.2) is 46.8 Å². The smallest absolute Gasteiger partial charge is 0.333 e. The lowest BCUT2D eigenvalue weighted by Crippen LogP contribution is -2.46. The number of aromatic nitrogens is 2. The van der Waals surface area contributed by atoms with E-state index in [1.165, 1.54) is 12.1 Å². The standard InChI is InChI=1S/C27H29FN4O/c28-22-12-14-23(15-13-22)30-20-18-29(19-21-30)16-6-7-17-31-25-10-4-5-11-26(25)32(27(31)33)24-8-2-1-3-9-24/h1-5,8-15H,6-7,16-21H2. The lowest BCUT2D eigenvalue weighted by Gasteiger charge is -2.36. The minimum absolute atomic E-state index is 0.0234. The summed E-state index contributed by atoms with van der Waals surface area (Å²) in [7, 11) is 0. The Bertz CT molecular complexity index is 1260. The van der Waals surface area contributed by atoms with Crippen LogP contribution in [0.1, 0.15) is 12.8 Å². The van der Waals surface area contributed by atoms with Gasteiger partial charge in [-0.05, 0) is 67.9 Å². The third kappa shape index (κ3) is 4.57. The van der Waals surface area contributed by atoms with E-state index < -0.39 is 0 Å². The van der Waals surface area contributed by atoms with Crippen molar-refractivity contribution in [2.24, 2.45) is 0 Å². The maximum Gasteiger partial charge on any atom is 0.333 e. The Hall–Kier alpha value is -3.38. The van der Waals surface area contributed by atoms with E-state index in [0.29, 0.717) is 6.54 Å². The van der Waals surface area contributed by atoms with E-state index in [1.54, 1.807) is 0 Å². The van der Waals surface area contributed by atoms with Crippen molar-refractivity contribution in [2.75, 3.05) is 37.6 Å². The summed E-state index contributed by atoms with van der Waals surface area (Å²) in [6.45, 7) is 5.67. The molecule has 6 heteroatoms. The van der Waals surface area contributed by atoms with E-state index in [2.05, 4.69) is 9.80 Å². The molecule has 33 heavy (non-hydrogen) atoms. The Balaban J connectivity index is 1.18. The molecule has 0 aliphatic carbocycles. The van der Waals surface area contributed by atoms with Crippen LogP contribution in [0.2, 0.25) is 0 Å². The first-order valence-electron chi connectivity index (χ1n) is 11.7. The van der Waals surface area contributed by atoms with Gasteiger partial charge in [-0.3, -0.25) is 14.0 Å². The first kappa shape index (κ1) is 21.5. The van der Waals surface area contributed by atoms with Crippen molar-refractivity contribution in [3.05, 3.63) is 95.2 Å². The Kier molecular flexibility index (Phi) is 6.26. The molecule has 5 rings (SSSR count). The number of rotatable bonds is 7. The summed E-state index contributed by atoms with van der Waals surface area (Å²) in [6, 6.07) is 24.6. The number of piperazine rings is 1. The van der Waals surface area contributed by atoms with Crippen LogP contribution in [0.5, 0.6) is 0 Å². The van der Waals surface area contributed by atoms with Crippen LogP contribution in [0.15, 0.2) is 83.7 Å². The second kappa shape index (κ2) is 9.63. The summed E-state index contributed by atoms with van der Waals surface area (Å²) in [5.74, 6) is -0.191. The lowest BCUT2D eigenvalue weighted by molar-refractivity contribution is 0.251. The van der Waals surface area contributed by atoms with Gasteiger partial charge in [0.1, 0.15) is 5.82 Å². The molecule has 1 aliphatic heterocycles. The van der Waals surface area contributed by atoms with Crippen molar-refractivity contribution in [2.45, 2.75) is 19.4 Å². The number of benzene rings is 3. The molecule has 0 bridgehead atoms. The summed E-state index contributed by atoms with van der Waals surface area (Å²) in [6.07, 6.45) is 2.01. The normalized spacial score (nSPS) is 14.8. The molecule has 1 aliphatic rings. The first-order valence-corrected chi connectivity index (χ1v) is 11.7. The highest BCUT2D eigenvalue weighted by Gasteiger charge is 2.17. The molecule has 2 heterocycles. The number of hydrogen-bond donors (Lipinski definition) is 0. The summed E-state index contributed by atoms with van der Waals surface area (Å²) in [5.41, 5.74) is 3.95. The van der Waals surface area contributed by atoms with Gasteiger partial charge in [-0.1, -0.05) is 30.3 Å². The van der Waals surface area contributed by atoms with Gasteiger partial charge in [-0.15, -0.1) is 0 Å². The van der Waals surface area contributed by atoms with Crippen LogP contribution < -0.4 is 10.6 Å². The van der Waals surface area contributed by atoms with Gasteiger partial charge in [0.25, 0.3) is 0 Å². The minimum Gasteiger partial charge on any atom is -0.369 e. The predicted octanol–water partition coefficient (Wildman–Crippen LogP) is 4.53. The molecular formula is C27H29FN4O. The molecule has 0 saturated carbocycles. The zero-order valence-corrected chi connectivity index (χ0v) is 18.7. The number of para-hydroxylation sites is 3. The van der Waals surface area contributed by atoms with Crippen LogP contribution in [0.3, 0.4) is 0 Å². The number of aryl methyl sites for hydroxylation is 1. The topological polar surface area (TPSA) is 33.4 Å².